The fourth-order valence-electron chi connectivity index (χ4n) is 5.09. The minimum absolute atomic E-state index is 0.431. The molecule has 0 spiro atoms. The number of pyridine rings is 1. The van der Waals surface area contributed by atoms with Crippen molar-refractivity contribution in [1.82, 2.24) is 0 Å². The summed E-state index contributed by atoms with van der Waals surface area (Å²) in [7, 11) is 0.802. The zero-order valence-electron chi connectivity index (χ0n) is 21.1. The Hall–Kier alpha value is -2.91. The van der Waals surface area contributed by atoms with Gasteiger partial charge in [0, 0.05) is 28.3 Å². The van der Waals surface area contributed by atoms with Crippen LogP contribution in [0.4, 0.5) is 0 Å². The smallest absolute Gasteiger partial charge is 0.217 e. The number of fused-ring (bicyclic) bond motifs is 4. The Kier molecular flexibility index (Phi) is 5.02. The highest BCUT2D eigenvalue weighted by atomic mass is 28.3. The maximum absolute atomic E-state index is 6.50. The topological polar surface area (TPSA) is 17.0 Å². The van der Waals surface area contributed by atoms with Crippen molar-refractivity contribution in [3.63, 3.8) is 0 Å². The normalized spacial score (nSPS) is 12.5. The number of aromatic nitrogens is 1. The van der Waals surface area contributed by atoms with E-state index in [1.807, 2.05) is 6.07 Å². The fraction of sp³-hybridized carbons (Fsp3) is 0.300. The number of aryl methyl sites for hydroxylation is 2. The number of nitrogens with zero attached hydrogens (tertiary/aromatic N) is 1. The molecule has 0 saturated carbocycles. The molecular weight excluding hydrogens is 418 g/mol. The van der Waals surface area contributed by atoms with Gasteiger partial charge >= 0.3 is 0 Å². The third-order valence-corrected chi connectivity index (χ3v) is 9.30. The molecule has 2 heterocycles. The van der Waals surface area contributed by atoms with Gasteiger partial charge in [0.15, 0.2) is 0 Å². The van der Waals surface area contributed by atoms with Gasteiger partial charge in [0.25, 0.3) is 0 Å². The summed E-state index contributed by atoms with van der Waals surface area (Å²) >= 11 is 0. The number of furan rings is 1. The molecule has 2 aromatic heterocycles. The van der Waals surface area contributed by atoms with Crippen molar-refractivity contribution < 1.29 is 8.98 Å². The SMILES string of the molecule is Cc1cc2c(oc3ccccc32)c(-c2cc(C(C)C)c3cc([Si](C)(C)C)ccc3[n+]2C)c1C. The van der Waals surface area contributed by atoms with Gasteiger partial charge in [0.1, 0.15) is 18.2 Å². The third kappa shape index (κ3) is 3.41. The van der Waals surface area contributed by atoms with Gasteiger partial charge in [-0.1, -0.05) is 62.9 Å². The van der Waals surface area contributed by atoms with Crippen LogP contribution in [0.3, 0.4) is 0 Å². The average Bonchev–Trinajstić information content (AvgIpc) is 3.12. The van der Waals surface area contributed by atoms with Crippen molar-refractivity contribution in [1.29, 1.82) is 0 Å². The first-order valence-electron chi connectivity index (χ1n) is 12.0. The third-order valence-electron chi connectivity index (χ3n) is 7.25. The molecule has 168 valence electrons. The second kappa shape index (κ2) is 7.56. The van der Waals surface area contributed by atoms with Crippen LogP contribution in [0.5, 0.6) is 0 Å². The van der Waals surface area contributed by atoms with Crippen molar-refractivity contribution in [2.75, 3.05) is 0 Å². The summed E-state index contributed by atoms with van der Waals surface area (Å²) in [4.78, 5) is 0. The summed E-state index contributed by atoms with van der Waals surface area (Å²) in [5, 5.41) is 5.27. The van der Waals surface area contributed by atoms with Crippen molar-refractivity contribution in [2.24, 2.45) is 7.05 Å². The van der Waals surface area contributed by atoms with Crippen LogP contribution in [0.1, 0.15) is 36.5 Å². The molecule has 0 fully saturated rings. The van der Waals surface area contributed by atoms with Gasteiger partial charge in [0.2, 0.25) is 11.2 Å². The molecule has 5 aromatic rings. The van der Waals surface area contributed by atoms with Crippen molar-refractivity contribution >= 4 is 46.1 Å². The maximum atomic E-state index is 6.50. The molecule has 0 radical (unpaired) electrons. The summed E-state index contributed by atoms with van der Waals surface area (Å²) < 4.78 is 8.86. The Morgan fingerprint density at radius 1 is 0.848 bits per heavy atom. The predicted molar refractivity (Wildman–Crippen MR) is 144 cm³/mol. The van der Waals surface area contributed by atoms with Gasteiger partial charge in [0.05, 0.1) is 13.6 Å². The van der Waals surface area contributed by atoms with E-state index in [2.05, 4.69) is 107 Å². The van der Waals surface area contributed by atoms with Crippen LogP contribution in [-0.4, -0.2) is 8.07 Å². The lowest BCUT2D eigenvalue weighted by Gasteiger charge is -2.19. The number of benzene rings is 3. The lowest BCUT2D eigenvalue weighted by atomic mass is 9.92. The van der Waals surface area contributed by atoms with Gasteiger partial charge in [-0.2, -0.15) is 4.57 Å². The Balaban J connectivity index is 1.91. The average molecular weight is 453 g/mol. The van der Waals surface area contributed by atoms with E-state index < -0.39 is 8.07 Å². The molecule has 0 atom stereocenters. The van der Waals surface area contributed by atoms with Gasteiger partial charge < -0.3 is 4.42 Å². The van der Waals surface area contributed by atoms with E-state index in [0.29, 0.717) is 5.92 Å². The molecule has 0 aliphatic carbocycles. The first-order chi connectivity index (χ1) is 15.6. The quantitative estimate of drug-likeness (QED) is 0.204. The van der Waals surface area contributed by atoms with Crippen LogP contribution in [0.2, 0.25) is 19.6 Å². The molecule has 5 rings (SSSR count). The fourth-order valence-corrected chi connectivity index (χ4v) is 6.25. The van der Waals surface area contributed by atoms with Gasteiger partial charge in [-0.25, -0.2) is 0 Å². The van der Waals surface area contributed by atoms with Crippen molar-refractivity contribution in [3.8, 4) is 11.3 Å². The van der Waals surface area contributed by atoms with E-state index >= 15 is 0 Å². The molecule has 0 aliphatic rings. The molecule has 0 bridgehead atoms. The van der Waals surface area contributed by atoms with E-state index in [1.165, 1.54) is 54.8 Å². The highest BCUT2D eigenvalue weighted by Crippen LogP contribution is 2.39. The van der Waals surface area contributed by atoms with Gasteiger partial charge in [-0.05, 0) is 54.7 Å². The monoisotopic (exact) mass is 452 g/mol. The molecule has 3 aromatic carbocycles. The molecule has 0 amide bonds. The summed E-state index contributed by atoms with van der Waals surface area (Å²) in [6.45, 7) is 16.3. The molecule has 0 aliphatic heterocycles. The Morgan fingerprint density at radius 2 is 1.58 bits per heavy atom. The minimum Gasteiger partial charge on any atom is -0.455 e. The first-order valence-corrected chi connectivity index (χ1v) is 15.5. The number of hydrogen-bond donors (Lipinski definition) is 0. The summed E-state index contributed by atoms with van der Waals surface area (Å²) in [6, 6.07) is 20.2. The molecule has 3 heteroatoms. The van der Waals surface area contributed by atoms with Crippen molar-refractivity contribution in [3.05, 3.63) is 71.3 Å². The lowest BCUT2D eigenvalue weighted by molar-refractivity contribution is -0.633. The second-order valence-electron chi connectivity index (χ2n) is 10.8. The summed E-state index contributed by atoms with van der Waals surface area (Å²) in [6.07, 6.45) is 0. The summed E-state index contributed by atoms with van der Waals surface area (Å²) in [5.74, 6) is 0.431. The Morgan fingerprint density at radius 3 is 2.27 bits per heavy atom. The summed E-state index contributed by atoms with van der Waals surface area (Å²) in [5.41, 5.74) is 9.63. The molecule has 33 heavy (non-hydrogen) atoms. The van der Waals surface area contributed by atoms with Crippen molar-refractivity contribution in [2.45, 2.75) is 53.3 Å². The molecule has 0 unspecified atom stereocenters. The molecule has 0 saturated heterocycles. The standard InChI is InChI=1S/C30H34NOSi/c1-18(2)23-17-27(31(5)26-14-13-21(16-24(23)26)33(6,7)8)29-20(4)19(3)15-25-22-11-9-10-12-28(22)32-30(25)29/h9-18H,1-8H3/q+1. The van der Waals surface area contributed by atoms with E-state index in [0.717, 1.165) is 11.2 Å². The largest absolute Gasteiger partial charge is 0.455 e. The predicted octanol–water partition coefficient (Wildman–Crippen LogP) is 7.52. The highest BCUT2D eigenvalue weighted by Gasteiger charge is 2.27. The number of rotatable bonds is 3. The Labute approximate surface area is 197 Å². The first kappa shape index (κ1) is 21.9. The number of para-hydroxylation sites is 1. The van der Waals surface area contributed by atoms with Crippen LogP contribution in [-0.2, 0) is 7.05 Å². The van der Waals surface area contributed by atoms with E-state index in [-0.39, 0.29) is 0 Å². The molecule has 2 nitrogen and oxygen atoms in total. The maximum Gasteiger partial charge on any atom is 0.217 e. The van der Waals surface area contributed by atoms with Gasteiger partial charge in [-0.15, -0.1) is 0 Å². The number of hydrogen-bond acceptors (Lipinski definition) is 1. The molecular formula is C30H34NOSi+. The second-order valence-corrected chi connectivity index (χ2v) is 15.9. The Bertz CT molecular complexity index is 1550. The lowest BCUT2D eigenvalue weighted by Crippen LogP contribution is -2.39. The molecule has 0 N–H and O–H groups in total. The van der Waals surface area contributed by atoms with Gasteiger partial charge in [-0.3, -0.25) is 0 Å². The van der Waals surface area contributed by atoms with E-state index in [1.54, 1.807) is 0 Å². The zero-order chi connectivity index (χ0) is 23.7. The zero-order valence-corrected chi connectivity index (χ0v) is 22.1. The minimum atomic E-state index is -1.40. The van der Waals surface area contributed by atoms with Crippen LogP contribution >= 0.6 is 0 Å². The van der Waals surface area contributed by atoms with E-state index in [9.17, 15) is 0 Å². The van der Waals surface area contributed by atoms with Crippen LogP contribution in [0, 0.1) is 13.8 Å². The van der Waals surface area contributed by atoms with Crippen LogP contribution in [0.25, 0.3) is 44.1 Å². The van der Waals surface area contributed by atoms with E-state index in [4.69, 9.17) is 4.42 Å². The van der Waals surface area contributed by atoms with Crippen LogP contribution < -0.4 is 9.75 Å². The van der Waals surface area contributed by atoms with Crippen LogP contribution in [0.15, 0.2) is 59.0 Å². The highest BCUT2D eigenvalue weighted by molar-refractivity contribution is 6.88.